The van der Waals surface area contributed by atoms with Crippen LogP contribution in [0.25, 0.3) is 0 Å². The van der Waals surface area contributed by atoms with Crippen molar-refractivity contribution in [2.24, 2.45) is 0 Å². The van der Waals surface area contributed by atoms with Gasteiger partial charge in [0.15, 0.2) is 0 Å². The van der Waals surface area contributed by atoms with Crippen LogP contribution in [0.4, 0.5) is 4.79 Å². The van der Waals surface area contributed by atoms with Crippen molar-refractivity contribution >= 4 is 17.8 Å². The number of urea groups is 1. The third-order valence-electron chi connectivity index (χ3n) is 5.33. The van der Waals surface area contributed by atoms with Crippen LogP contribution < -0.4 is 5.32 Å². The van der Waals surface area contributed by atoms with Gasteiger partial charge in [-0.2, -0.15) is 0 Å². The van der Waals surface area contributed by atoms with E-state index < -0.39 is 17.5 Å². The minimum atomic E-state index is -1.19. The van der Waals surface area contributed by atoms with Crippen molar-refractivity contribution < 1.29 is 19.1 Å². The van der Waals surface area contributed by atoms with Crippen molar-refractivity contribution in [2.45, 2.75) is 25.9 Å². The number of hydrogen-bond donors (Lipinski definition) is 1. The number of ether oxygens (including phenoxy) is 1. The maximum Gasteiger partial charge on any atom is 0.325 e. The molecule has 1 heterocycles. The Morgan fingerprint density at radius 3 is 2.40 bits per heavy atom. The molecule has 4 amide bonds. The number of imide groups is 1. The number of amides is 4. The smallest absolute Gasteiger partial charge is 0.325 e. The number of carbonyl (C=O) groups is 3. The van der Waals surface area contributed by atoms with E-state index in [1.165, 1.54) is 0 Å². The second kappa shape index (κ2) is 9.09. The molecule has 0 aliphatic carbocycles. The first kappa shape index (κ1) is 21.5. The molecule has 0 radical (unpaired) electrons. The Balaban J connectivity index is 1.75. The summed E-state index contributed by atoms with van der Waals surface area (Å²) in [5.41, 5.74) is 1.51. The van der Waals surface area contributed by atoms with Crippen LogP contribution in [0.3, 0.4) is 0 Å². The fraction of sp³-hybridized carbons (Fsp3) is 0.348. The van der Waals surface area contributed by atoms with Crippen LogP contribution in [0.1, 0.15) is 23.6 Å². The first-order valence-electron chi connectivity index (χ1n) is 9.87. The first-order chi connectivity index (χ1) is 14.3. The molecule has 0 spiro atoms. The van der Waals surface area contributed by atoms with E-state index in [1.807, 2.05) is 61.5 Å². The molecule has 1 atom stereocenters. The van der Waals surface area contributed by atoms with Gasteiger partial charge >= 0.3 is 6.03 Å². The molecular weight excluding hydrogens is 382 g/mol. The van der Waals surface area contributed by atoms with Gasteiger partial charge in [-0.15, -0.1) is 0 Å². The molecule has 0 unspecified atom stereocenters. The van der Waals surface area contributed by atoms with E-state index in [4.69, 9.17) is 4.74 Å². The second-order valence-corrected chi connectivity index (χ2v) is 7.61. The van der Waals surface area contributed by atoms with E-state index in [9.17, 15) is 14.4 Å². The molecule has 3 rings (SSSR count). The average Bonchev–Trinajstić information content (AvgIpc) is 2.96. The summed E-state index contributed by atoms with van der Waals surface area (Å²) in [6, 6.07) is 16.4. The lowest BCUT2D eigenvalue weighted by molar-refractivity contribution is -0.139. The predicted octanol–water partition coefficient (Wildman–Crippen LogP) is 2.44. The molecule has 30 heavy (non-hydrogen) atoms. The summed E-state index contributed by atoms with van der Waals surface area (Å²) in [5.74, 6) is -0.747. The summed E-state index contributed by atoms with van der Waals surface area (Å²) in [7, 11) is 1.57. The number of methoxy groups -OCH3 is 1. The summed E-state index contributed by atoms with van der Waals surface area (Å²) in [4.78, 5) is 41.3. The molecule has 0 saturated carbocycles. The molecule has 0 aromatic heterocycles. The maximum absolute atomic E-state index is 13.1. The second-order valence-electron chi connectivity index (χ2n) is 7.61. The van der Waals surface area contributed by atoms with Gasteiger partial charge in [0.05, 0.1) is 6.61 Å². The zero-order valence-electron chi connectivity index (χ0n) is 17.6. The van der Waals surface area contributed by atoms with Gasteiger partial charge < -0.3 is 15.0 Å². The van der Waals surface area contributed by atoms with E-state index in [-0.39, 0.29) is 12.5 Å². The highest BCUT2D eigenvalue weighted by Gasteiger charge is 2.49. The summed E-state index contributed by atoms with van der Waals surface area (Å²) >= 11 is 0. The minimum Gasteiger partial charge on any atom is -0.383 e. The lowest BCUT2D eigenvalue weighted by atomic mass is 9.91. The van der Waals surface area contributed by atoms with Crippen LogP contribution >= 0.6 is 0 Å². The molecule has 2 aromatic carbocycles. The summed E-state index contributed by atoms with van der Waals surface area (Å²) in [6.45, 7) is 4.40. The van der Waals surface area contributed by atoms with Crippen molar-refractivity contribution in [3.8, 4) is 0 Å². The molecule has 1 fully saturated rings. The van der Waals surface area contributed by atoms with Crippen molar-refractivity contribution in [1.29, 1.82) is 0 Å². The number of carbonyl (C=O) groups excluding carboxylic acids is 3. The normalized spacial score (nSPS) is 18.4. The Morgan fingerprint density at radius 2 is 1.77 bits per heavy atom. The molecule has 158 valence electrons. The number of nitrogens with one attached hydrogen (secondary N) is 1. The van der Waals surface area contributed by atoms with Crippen LogP contribution in [0.5, 0.6) is 0 Å². The third-order valence-corrected chi connectivity index (χ3v) is 5.33. The number of nitrogens with zero attached hydrogens (tertiary/aromatic N) is 2. The topological polar surface area (TPSA) is 79.0 Å². The number of hydrogen-bond acceptors (Lipinski definition) is 4. The van der Waals surface area contributed by atoms with E-state index >= 15 is 0 Å². The molecule has 1 N–H and O–H groups in total. The number of rotatable bonds is 8. The van der Waals surface area contributed by atoms with Crippen LogP contribution in [-0.4, -0.2) is 54.5 Å². The van der Waals surface area contributed by atoms with Crippen molar-refractivity contribution in [3.63, 3.8) is 0 Å². The first-order valence-corrected chi connectivity index (χ1v) is 9.87. The lowest BCUT2D eigenvalue weighted by Gasteiger charge is -2.25. The maximum atomic E-state index is 13.1. The number of benzene rings is 2. The van der Waals surface area contributed by atoms with Crippen LogP contribution in [0.2, 0.25) is 0 Å². The Hall–Kier alpha value is -3.19. The minimum absolute atomic E-state index is 0.312. The van der Waals surface area contributed by atoms with Gasteiger partial charge in [0.2, 0.25) is 5.91 Å². The number of aryl methyl sites for hydroxylation is 1. The predicted molar refractivity (Wildman–Crippen MR) is 113 cm³/mol. The van der Waals surface area contributed by atoms with Gasteiger partial charge in [-0.3, -0.25) is 14.5 Å². The van der Waals surface area contributed by atoms with Gasteiger partial charge in [-0.05, 0) is 25.0 Å². The Bertz CT molecular complexity index is 914. The molecule has 1 aliphatic heterocycles. The van der Waals surface area contributed by atoms with Gasteiger partial charge in [0, 0.05) is 20.2 Å². The van der Waals surface area contributed by atoms with Gasteiger partial charge in [-0.25, -0.2) is 4.79 Å². The standard InChI is InChI=1S/C23H27N3O4/c1-17-9-11-19(12-10-17)23(2)21(28)26(22(29)24-23)16-20(27)25(13-14-30-3)15-18-7-5-4-6-8-18/h4-12H,13-16H2,1-3H3,(H,24,29)/t23-/m0/s1. The third kappa shape index (κ3) is 4.52. The van der Waals surface area contributed by atoms with E-state index in [2.05, 4.69) is 5.32 Å². The molecule has 0 bridgehead atoms. The fourth-order valence-electron chi connectivity index (χ4n) is 3.46. The van der Waals surface area contributed by atoms with E-state index in [0.717, 1.165) is 16.0 Å². The van der Waals surface area contributed by atoms with E-state index in [1.54, 1.807) is 18.9 Å². The molecule has 7 nitrogen and oxygen atoms in total. The lowest BCUT2D eigenvalue weighted by Crippen LogP contribution is -2.45. The largest absolute Gasteiger partial charge is 0.383 e. The van der Waals surface area contributed by atoms with Gasteiger partial charge in [0.25, 0.3) is 5.91 Å². The zero-order valence-corrected chi connectivity index (χ0v) is 17.6. The molecular formula is C23H27N3O4. The molecule has 1 saturated heterocycles. The van der Waals surface area contributed by atoms with Crippen molar-refractivity contribution in [1.82, 2.24) is 15.1 Å². The monoisotopic (exact) mass is 409 g/mol. The highest BCUT2D eigenvalue weighted by molar-refractivity contribution is 6.09. The van der Waals surface area contributed by atoms with E-state index in [0.29, 0.717) is 25.3 Å². The van der Waals surface area contributed by atoms with Gasteiger partial charge in [0.1, 0.15) is 12.1 Å². The Morgan fingerprint density at radius 1 is 1.10 bits per heavy atom. The fourth-order valence-corrected chi connectivity index (χ4v) is 3.46. The van der Waals surface area contributed by atoms with Crippen molar-refractivity contribution in [3.05, 3.63) is 71.3 Å². The van der Waals surface area contributed by atoms with Crippen LogP contribution in [0, 0.1) is 6.92 Å². The zero-order chi connectivity index (χ0) is 21.7. The molecule has 7 heteroatoms. The average molecular weight is 409 g/mol. The van der Waals surface area contributed by atoms with Gasteiger partial charge in [-0.1, -0.05) is 60.2 Å². The highest BCUT2D eigenvalue weighted by Crippen LogP contribution is 2.29. The Kier molecular flexibility index (Phi) is 6.52. The molecule has 1 aliphatic rings. The quantitative estimate of drug-likeness (QED) is 0.680. The summed E-state index contributed by atoms with van der Waals surface area (Å²) in [6.07, 6.45) is 0. The van der Waals surface area contributed by atoms with Crippen molar-refractivity contribution in [2.75, 3.05) is 26.8 Å². The summed E-state index contributed by atoms with van der Waals surface area (Å²) in [5, 5.41) is 2.75. The SMILES string of the molecule is COCCN(Cc1ccccc1)C(=O)CN1C(=O)N[C@@](C)(c2ccc(C)cc2)C1=O. The highest BCUT2D eigenvalue weighted by atomic mass is 16.5. The van der Waals surface area contributed by atoms with Crippen LogP contribution in [-0.2, 0) is 26.4 Å². The molecule has 2 aromatic rings. The Labute approximate surface area is 176 Å². The summed E-state index contributed by atoms with van der Waals surface area (Å²) < 4.78 is 5.12. The van der Waals surface area contributed by atoms with Crippen LogP contribution in [0.15, 0.2) is 54.6 Å².